The minimum absolute atomic E-state index is 0.0108. The van der Waals surface area contributed by atoms with E-state index in [1.54, 1.807) is 0 Å². The van der Waals surface area contributed by atoms with Gasteiger partial charge in [-0.1, -0.05) is 0 Å². The maximum absolute atomic E-state index is 13.2. The highest BCUT2D eigenvalue weighted by Crippen LogP contribution is 2.31. The molecule has 0 spiro atoms. The molecular formula is C10H9ClFNO3. The van der Waals surface area contributed by atoms with Crippen LogP contribution in [-0.2, 0) is 0 Å². The molecular weight excluding hydrogens is 237 g/mol. The number of nitro benzene ring substituents is 1. The summed E-state index contributed by atoms with van der Waals surface area (Å²) in [4.78, 5) is 9.61. The Balaban J connectivity index is 2.06. The Bertz CT molecular complexity index is 421. The maximum atomic E-state index is 13.2. The first-order chi connectivity index (χ1) is 7.56. The van der Waals surface area contributed by atoms with Crippen molar-refractivity contribution in [2.24, 2.45) is 0 Å². The lowest BCUT2D eigenvalue weighted by Crippen LogP contribution is -2.34. The van der Waals surface area contributed by atoms with Crippen molar-refractivity contribution in [1.82, 2.24) is 0 Å². The highest BCUT2D eigenvalue weighted by atomic mass is 35.5. The maximum Gasteiger partial charge on any atom is 0.305 e. The minimum atomic E-state index is -0.885. The topological polar surface area (TPSA) is 52.4 Å². The van der Waals surface area contributed by atoms with Crippen LogP contribution in [0, 0.1) is 15.9 Å². The van der Waals surface area contributed by atoms with Crippen LogP contribution in [0.25, 0.3) is 0 Å². The zero-order valence-corrected chi connectivity index (χ0v) is 8.98. The molecule has 0 unspecified atom stereocenters. The molecule has 1 saturated carbocycles. The smallest absolute Gasteiger partial charge is 0.305 e. The van der Waals surface area contributed by atoms with Gasteiger partial charge in [0.1, 0.15) is 11.9 Å². The van der Waals surface area contributed by atoms with E-state index in [0.29, 0.717) is 5.75 Å². The molecule has 0 N–H and O–H groups in total. The molecule has 16 heavy (non-hydrogen) atoms. The van der Waals surface area contributed by atoms with Crippen LogP contribution >= 0.6 is 11.6 Å². The molecule has 0 heterocycles. The highest BCUT2D eigenvalue weighted by Gasteiger charge is 2.29. The number of nitro groups is 1. The zero-order chi connectivity index (χ0) is 11.7. The Morgan fingerprint density at radius 2 is 2.19 bits per heavy atom. The van der Waals surface area contributed by atoms with Crippen LogP contribution in [0.3, 0.4) is 0 Å². The molecule has 0 amide bonds. The van der Waals surface area contributed by atoms with Gasteiger partial charge in [-0.15, -0.1) is 11.6 Å². The van der Waals surface area contributed by atoms with Gasteiger partial charge in [-0.2, -0.15) is 4.39 Å². The van der Waals surface area contributed by atoms with Crippen LogP contribution in [0.15, 0.2) is 18.2 Å². The van der Waals surface area contributed by atoms with Gasteiger partial charge < -0.3 is 4.74 Å². The number of benzene rings is 1. The van der Waals surface area contributed by atoms with Gasteiger partial charge in [0.25, 0.3) is 0 Å². The lowest BCUT2D eigenvalue weighted by molar-refractivity contribution is -0.387. The number of ether oxygens (including phenoxy) is 1. The number of rotatable bonds is 3. The van der Waals surface area contributed by atoms with Gasteiger partial charge in [-0.05, 0) is 6.07 Å². The normalized spacial score (nSPS) is 23.6. The van der Waals surface area contributed by atoms with Gasteiger partial charge in [0.15, 0.2) is 0 Å². The first kappa shape index (κ1) is 11.1. The molecule has 6 heteroatoms. The number of halogens is 2. The molecule has 0 aromatic heterocycles. The summed E-state index contributed by atoms with van der Waals surface area (Å²) in [7, 11) is 0. The summed E-state index contributed by atoms with van der Waals surface area (Å²) < 4.78 is 18.6. The summed E-state index contributed by atoms with van der Waals surface area (Å²) in [6.45, 7) is 0. The Hall–Kier alpha value is -1.36. The molecule has 1 aromatic carbocycles. The van der Waals surface area contributed by atoms with Gasteiger partial charge in [0.2, 0.25) is 5.82 Å². The van der Waals surface area contributed by atoms with E-state index in [-0.39, 0.29) is 11.5 Å². The van der Waals surface area contributed by atoms with Crippen LogP contribution in [-0.4, -0.2) is 16.4 Å². The van der Waals surface area contributed by atoms with Crippen molar-refractivity contribution in [1.29, 1.82) is 0 Å². The van der Waals surface area contributed by atoms with Crippen LogP contribution in [0.1, 0.15) is 12.8 Å². The molecule has 1 fully saturated rings. The molecule has 4 nitrogen and oxygen atoms in total. The second-order valence-corrected chi connectivity index (χ2v) is 4.30. The first-order valence-corrected chi connectivity index (χ1v) is 5.24. The number of hydrogen-bond acceptors (Lipinski definition) is 3. The van der Waals surface area contributed by atoms with Crippen molar-refractivity contribution < 1.29 is 14.1 Å². The third kappa shape index (κ3) is 2.24. The molecule has 86 valence electrons. The summed E-state index contributed by atoms with van der Waals surface area (Å²) >= 11 is 5.76. The molecule has 2 rings (SSSR count). The predicted molar refractivity (Wildman–Crippen MR) is 56.3 cm³/mol. The summed E-state index contributed by atoms with van der Waals surface area (Å²) in [5.41, 5.74) is -0.545. The Morgan fingerprint density at radius 1 is 1.50 bits per heavy atom. The molecule has 1 aliphatic carbocycles. The van der Waals surface area contributed by atoms with Crippen molar-refractivity contribution in [3.63, 3.8) is 0 Å². The summed E-state index contributed by atoms with van der Waals surface area (Å²) in [6, 6.07) is 3.52. The van der Waals surface area contributed by atoms with Crippen molar-refractivity contribution in [2.75, 3.05) is 0 Å². The van der Waals surface area contributed by atoms with Crippen molar-refractivity contribution in [3.05, 3.63) is 34.1 Å². The standard InChI is InChI=1S/C10H9ClFNO3/c11-6-3-8(4-6)16-7-1-2-10(13(14)15)9(12)5-7/h1-2,5-6,8H,3-4H2. The fourth-order valence-electron chi connectivity index (χ4n) is 1.50. The van der Waals surface area contributed by atoms with E-state index in [4.69, 9.17) is 16.3 Å². The average molecular weight is 246 g/mol. The first-order valence-electron chi connectivity index (χ1n) is 4.81. The molecule has 0 saturated heterocycles. The number of nitrogens with zero attached hydrogens (tertiary/aromatic N) is 1. The molecule has 0 atom stereocenters. The Kier molecular flexibility index (Phi) is 2.96. The van der Waals surface area contributed by atoms with Gasteiger partial charge in [0, 0.05) is 30.4 Å². The largest absolute Gasteiger partial charge is 0.490 e. The van der Waals surface area contributed by atoms with E-state index in [0.717, 1.165) is 25.0 Å². The van der Waals surface area contributed by atoms with Crippen LogP contribution in [0.5, 0.6) is 5.75 Å². The second kappa shape index (κ2) is 4.25. The number of alkyl halides is 1. The van der Waals surface area contributed by atoms with E-state index in [1.807, 2.05) is 0 Å². The van der Waals surface area contributed by atoms with Crippen molar-refractivity contribution in [2.45, 2.75) is 24.3 Å². The fraction of sp³-hybridized carbons (Fsp3) is 0.400. The minimum Gasteiger partial charge on any atom is -0.490 e. The lowest BCUT2D eigenvalue weighted by atomic mass is 9.95. The van der Waals surface area contributed by atoms with Crippen LogP contribution < -0.4 is 4.74 Å². The quantitative estimate of drug-likeness (QED) is 0.467. The summed E-state index contributed by atoms with van der Waals surface area (Å²) in [6.07, 6.45) is 1.43. The van der Waals surface area contributed by atoms with Gasteiger partial charge in [-0.25, -0.2) is 0 Å². The molecule has 1 aromatic rings. The number of hydrogen-bond donors (Lipinski definition) is 0. The highest BCUT2D eigenvalue weighted by molar-refractivity contribution is 6.21. The third-order valence-electron chi connectivity index (χ3n) is 2.46. The predicted octanol–water partition coefficient (Wildman–Crippen LogP) is 2.88. The molecule has 0 bridgehead atoms. The molecule has 0 aliphatic heterocycles. The summed E-state index contributed by atoms with van der Waals surface area (Å²) in [5.74, 6) is -0.582. The van der Waals surface area contributed by atoms with Gasteiger partial charge in [-0.3, -0.25) is 10.1 Å². The third-order valence-corrected chi connectivity index (χ3v) is 2.81. The van der Waals surface area contributed by atoms with Gasteiger partial charge >= 0.3 is 5.69 Å². The molecule has 0 radical (unpaired) electrons. The van der Waals surface area contributed by atoms with E-state index in [1.165, 1.54) is 6.07 Å². The van der Waals surface area contributed by atoms with E-state index in [9.17, 15) is 14.5 Å². The summed E-state index contributed by atoms with van der Waals surface area (Å²) in [5, 5.41) is 10.5. The average Bonchev–Trinajstić information content (AvgIpc) is 2.15. The fourth-order valence-corrected chi connectivity index (χ4v) is 1.90. The van der Waals surface area contributed by atoms with E-state index >= 15 is 0 Å². The zero-order valence-electron chi connectivity index (χ0n) is 8.23. The molecule has 1 aliphatic rings. The lowest BCUT2D eigenvalue weighted by Gasteiger charge is -2.31. The Labute approximate surface area is 96.1 Å². The van der Waals surface area contributed by atoms with Crippen LogP contribution in [0.4, 0.5) is 10.1 Å². The Morgan fingerprint density at radius 3 is 2.69 bits per heavy atom. The second-order valence-electron chi connectivity index (χ2n) is 3.68. The van der Waals surface area contributed by atoms with E-state index in [2.05, 4.69) is 0 Å². The SMILES string of the molecule is O=[N+]([O-])c1ccc(OC2CC(Cl)C2)cc1F. The monoisotopic (exact) mass is 245 g/mol. The van der Waals surface area contributed by atoms with Crippen LogP contribution in [0.2, 0.25) is 0 Å². The van der Waals surface area contributed by atoms with Gasteiger partial charge in [0.05, 0.1) is 4.92 Å². The van der Waals surface area contributed by atoms with Crippen molar-refractivity contribution in [3.8, 4) is 5.75 Å². The van der Waals surface area contributed by atoms with Crippen molar-refractivity contribution >= 4 is 17.3 Å². The van der Waals surface area contributed by atoms with E-state index < -0.39 is 16.4 Å².